The molecule has 118 valence electrons. The van der Waals surface area contributed by atoms with Crippen LogP contribution in [0, 0.1) is 5.92 Å². The van der Waals surface area contributed by atoms with Crippen molar-refractivity contribution >= 4 is 17.9 Å². The molecule has 0 aliphatic carbocycles. The van der Waals surface area contributed by atoms with Crippen LogP contribution >= 0.6 is 0 Å². The lowest BCUT2D eigenvalue weighted by Gasteiger charge is -2.36. The lowest BCUT2D eigenvalue weighted by atomic mass is 10.0. The van der Waals surface area contributed by atoms with E-state index in [0.717, 1.165) is 6.42 Å². The molecule has 2 aliphatic heterocycles. The molecule has 2 rings (SSSR count). The number of amides is 3. The molecular weight excluding hydrogens is 278 g/mol. The zero-order chi connectivity index (χ0) is 15.4. The van der Waals surface area contributed by atoms with Crippen molar-refractivity contribution < 1.29 is 24.2 Å². The second-order valence-corrected chi connectivity index (χ2v) is 5.50. The third kappa shape index (κ3) is 3.84. The number of hydrogen-bond donors (Lipinski definition) is 2. The number of carbonyl (C=O) groups excluding carboxylic acids is 2. The van der Waals surface area contributed by atoms with E-state index in [0.29, 0.717) is 32.7 Å². The van der Waals surface area contributed by atoms with Crippen molar-refractivity contribution in [3.8, 4) is 0 Å². The monoisotopic (exact) mass is 299 g/mol. The number of carboxylic acids is 1. The maximum atomic E-state index is 12.5. The quantitative estimate of drug-likeness (QED) is 0.725. The number of primary amides is 1. The first-order chi connectivity index (χ1) is 9.99. The summed E-state index contributed by atoms with van der Waals surface area (Å²) in [5.41, 5.74) is 5.31. The van der Waals surface area contributed by atoms with Crippen LogP contribution in [0.4, 0.5) is 4.79 Å². The number of nitrogens with two attached hydrogens (primary N) is 1. The molecule has 8 heteroatoms. The fourth-order valence-electron chi connectivity index (χ4n) is 2.82. The zero-order valence-corrected chi connectivity index (χ0v) is 11.9. The summed E-state index contributed by atoms with van der Waals surface area (Å²) in [4.78, 5) is 37.6. The summed E-state index contributed by atoms with van der Waals surface area (Å²) in [5.74, 6) is -1.18. The molecule has 21 heavy (non-hydrogen) atoms. The van der Waals surface area contributed by atoms with E-state index in [4.69, 9.17) is 15.6 Å². The molecular formula is C13H21N3O5. The van der Waals surface area contributed by atoms with Gasteiger partial charge in [0.25, 0.3) is 0 Å². The first kappa shape index (κ1) is 15.6. The summed E-state index contributed by atoms with van der Waals surface area (Å²) in [6.07, 6.45) is 1.49. The Morgan fingerprint density at radius 1 is 1.29 bits per heavy atom. The standard InChI is InChI=1S/C13H21N3O5/c14-12(19)10-8-21-6-5-16(10)13(20)15-4-3-9(7-15)1-2-11(17)18/h9-10H,1-8H2,(H2,14,19)(H,17,18). The van der Waals surface area contributed by atoms with Gasteiger partial charge in [-0.15, -0.1) is 0 Å². The van der Waals surface area contributed by atoms with Crippen molar-refractivity contribution in [2.24, 2.45) is 11.7 Å². The number of aliphatic carboxylic acids is 1. The SMILES string of the molecule is NC(=O)C1COCCN1C(=O)N1CCC(CCC(=O)O)C1. The first-order valence-electron chi connectivity index (χ1n) is 7.13. The minimum absolute atomic E-state index is 0.119. The number of carboxylic acid groups (broad SMARTS) is 1. The second kappa shape index (κ2) is 6.75. The number of carbonyl (C=O) groups is 3. The lowest BCUT2D eigenvalue weighted by molar-refractivity contribution is -0.137. The van der Waals surface area contributed by atoms with E-state index in [1.54, 1.807) is 4.90 Å². The summed E-state index contributed by atoms with van der Waals surface area (Å²) in [5, 5.41) is 8.69. The van der Waals surface area contributed by atoms with E-state index in [9.17, 15) is 14.4 Å². The highest BCUT2D eigenvalue weighted by atomic mass is 16.5. The van der Waals surface area contributed by atoms with Crippen LogP contribution < -0.4 is 5.73 Å². The van der Waals surface area contributed by atoms with Gasteiger partial charge < -0.3 is 25.4 Å². The third-order valence-corrected chi connectivity index (χ3v) is 4.03. The largest absolute Gasteiger partial charge is 0.481 e. The second-order valence-electron chi connectivity index (χ2n) is 5.50. The van der Waals surface area contributed by atoms with Crippen LogP contribution in [0.3, 0.4) is 0 Å². The van der Waals surface area contributed by atoms with E-state index in [1.165, 1.54) is 4.90 Å². The Labute approximate surface area is 122 Å². The van der Waals surface area contributed by atoms with Crippen LogP contribution in [0.2, 0.25) is 0 Å². The van der Waals surface area contributed by atoms with E-state index in [2.05, 4.69) is 0 Å². The van der Waals surface area contributed by atoms with Crippen molar-refractivity contribution in [1.82, 2.24) is 9.80 Å². The van der Waals surface area contributed by atoms with Gasteiger partial charge in [0, 0.05) is 26.1 Å². The molecule has 8 nitrogen and oxygen atoms in total. The Balaban J connectivity index is 1.90. The molecule has 0 saturated carbocycles. The molecule has 0 aromatic rings. The third-order valence-electron chi connectivity index (χ3n) is 4.03. The van der Waals surface area contributed by atoms with Crippen molar-refractivity contribution in [2.75, 3.05) is 32.8 Å². The van der Waals surface area contributed by atoms with Gasteiger partial charge in [0.15, 0.2) is 0 Å². The van der Waals surface area contributed by atoms with E-state index >= 15 is 0 Å². The van der Waals surface area contributed by atoms with E-state index < -0.39 is 17.9 Å². The number of rotatable bonds is 4. The lowest BCUT2D eigenvalue weighted by Crippen LogP contribution is -2.57. The fraction of sp³-hybridized carbons (Fsp3) is 0.769. The molecule has 0 aromatic heterocycles. The average molecular weight is 299 g/mol. The molecule has 3 amide bonds. The number of ether oxygens (including phenoxy) is 1. The molecule has 0 spiro atoms. The molecule has 2 unspecified atom stereocenters. The highest BCUT2D eigenvalue weighted by Crippen LogP contribution is 2.23. The van der Waals surface area contributed by atoms with Crippen molar-refractivity contribution in [3.63, 3.8) is 0 Å². The van der Waals surface area contributed by atoms with Gasteiger partial charge in [-0.1, -0.05) is 0 Å². The average Bonchev–Trinajstić information content (AvgIpc) is 2.93. The van der Waals surface area contributed by atoms with Gasteiger partial charge in [0.1, 0.15) is 6.04 Å². The molecule has 2 fully saturated rings. The minimum Gasteiger partial charge on any atom is -0.481 e. The molecule has 2 aliphatic rings. The predicted octanol–water partition coefficient (Wildman–Crippen LogP) is -0.521. The summed E-state index contributed by atoms with van der Waals surface area (Å²) < 4.78 is 5.19. The topological polar surface area (TPSA) is 113 Å². The Kier molecular flexibility index (Phi) is 5.00. The van der Waals surface area contributed by atoms with Crippen LogP contribution in [0.25, 0.3) is 0 Å². The van der Waals surface area contributed by atoms with Gasteiger partial charge in [0.05, 0.1) is 13.2 Å². The van der Waals surface area contributed by atoms with Crippen molar-refractivity contribution in [1.29, 1.82) is 0 Å². The molecule has 3 N–H and O–H groups in total. The molecule has 0 bridgehead atoms. The Bertz CT molecular complexity index is 428. The van der Waals surface area contributed by atoms with Crippen LogP contribution in [0.5, 0.6) is 0 Å². The number of nitrogens with zero attached hydrogens (tertiary/aromatic N) is 2. The minimum atomic E-state index is -0.818. The van der Waals surface area contributed by atoms with Gasteiger partial charge in [-0.2, -0.15) is 0 Å². The normalized spacial score (nSPS) is 25.9. The van der Waals surface area contributed by atoms with E-state index in [-0.39, 0.29) is 25.0 Å². The van der Waals surface area contributed by atoms with Crippen LogP contribution in [0.1, 0.15) is 19.3 Å². The molecule has 2 saturated heterocycles. The van der Waals surface area contributed by atoms with Gasteiger partial charge in [-0.3, -0.25) is 9.59 Å². The number of urea groups is 1. The molecule has 2 atom stereocenters. The maximum absolute atomic E-state index is 12.5. The Hall–Kier alpha value is -1.83. The number of morpholine rings is 1. The fourth-order valence-corrected chi connectivity index (χ4v) is 2.82. The zero-order valence-electron chi connectivity index (χ0n) is 11.9. The summed E-state index contributed by atoms with van der Waals surface area (Å²) in [7, 11) is 0. The number of hydrogen-bond acceptors (Lipinski definition) is 4. The molecule has 2 heterocycles. The molecule has 0 aromatic carbocycles. The van der Waals surface area contributed by atoms with Crippen LogP contribution in [-0.4, -0.2) is 71.7 Å². The Morgan fingerprint density at radius 2 is 2.05 bits per heavy atom. The summed E-state index contributed by atoms with van der Waals surface area (Å²) >= 11 is 0. The smallest absolute Gasteiger partial charge is 0.320 e. The number of likely N-dealkylation sites (tertiary alicyclic amines) is 1. The van der Waals surface area contributed by atoms with Crippen LogP contribution in [0.15, 0.2) is 0 Å². The van der Waals surface area contributed by atoms with Crippen molar-refractivity contribution in [3.05, 3.63) is 0 Å². The van der Waals surface area contributed by atoms with Gasteiger partial charge in [-0.05, 0) is 18.8 Å². The van der Waals surface area contributed by atoms with E-state index in [1.807, 2.05) is 0 Å². The van der Waals surface area contributed by atoms with Crippen molar-refractivity contribution in [2.45, 2.75) is 25.3 Å². The molecule has 0 radical (unpaired) electrons. The highest BCUT2D eigenvalue weighted by Gasteiger charge is 2.36. The summed E-state index contributed by atoms with van der Waals surface area (Å²) in [6, 6.07) is -0.927. The predicted molar refractivity (Wildman–Crippen MR) is 72.5 cm³/mol. The van der Waals surface area contributed by atoms with Gasteiger partial charge in [0.2, 0.25) is 5.91 Å². The van der Waals surface area contributed by atoms with Crippen LogP contribution in [-0.2, 0) is 14.3 Å². The summed E-state index contributed by atoms with van der Waals surface area (Å²) in [6.45, 7) is 2.01. The first-order valence-corrected chi connectivity index (χ1v) is 7.13. The maximum Gasteiger partial charge on any atom is 0.320 e. The highest BCUT2D eigenvalue weighted by molar-refractivity contribution is 5.86. The van der Waals surface area contributed by atoms with Gasteiger partial charge in [-0.25, -0.2) is 4.79 Å². The Morgan fingerprint density at radius 3 is 2.71 bits per heavy atom. The van der Waals surface area contributed by atoms with Gasteiger partial charge >= 0.3 is 12.0 Å².